The highest BCUT2D eigenvalue weighted by Gasteiger charge is 2.26. The number of hydrogen-bond donors (Lipinski definition) is 1. The van der Waals surface area contributed by atoms with E-state index in [2.05, 4.69) is 0 Å². The van der Waals surface area contributed by atoms with E-state index in [0.717, 1.165) is 4.88 Å². The second kappa shape index (κ2) is 4.51. The molecule has 0 amide bonds. The third kappa shape index (κ3) is 2.26. The molecule has 0 radical (unpaired) electrons. The van der Waals surface area contributed by atoms with Gasteiger partial charge in [0.15, 0.2) is 11.6 Å². The zero-order valence-corrected chi connectivity index (χ0v) is 9.95. The van der Waals surface area contributed by atoms with E-state index in [1.54, 1.807) is 13.0 Å². The maximum Gasteiger partial charge on any atom is 0.193 e. The molecule has 17 heavy (non-hydrogen) atoms. The van der Waals surface area contributed by atoms with E-state index in [4.69, 9.17) is 0 Å². The van der Waals surface area contributed by atoms with Gasteiger partial charge in [-0.3, -0.25) is 9.59 Å². The van der Waals surface area contributed by atoms with Gasteiger partial charge in [0, 0.05) is 4.88 Å². The van der Waals surface area contributed by atoms with Gasteiger partial charge in [-0.25, -0.2) is 0 Å². The smallest absolute Gasteiger partial charge is 0.193 e. The Morgan fingerprint density at radius 1 is 1.47 bits per heavy atom. The van der Waals surface area contributed by atoms with Crippen molar-refractivity contribution in [1.82, 2.24) is 0 Å². The summed E-state index contributed by atoms with van der Waals surface area (Å²) in [6, 6.07) is 3.74. The van der Waals surface area contributed by atoms with Crippen LogP contribution < -0.4 is 0 Å². The van der Waals surface area contributed by atoms with Gasteiger partial charge >= 0.3 is 0 Å². The van der Waals surface area contributed by atoms with Gasteiger partial charge in [0.25, 0.3) is 0 Å². The first-order valence-electron chi connectivity index (χ1n) is 5.02. The quantitative estimate of drug-likeness (QED) is 0.659. The first-order chi connectivity index (χ1) is 8.09. The molecule has 1 N–H and O–H groups in total. The molecule has 1 aromatic rings. The number of ketones is 2. The molecule has 0 bridgehead atoms. The van der Waals surface area contributed by atoms with Crippen LogP contribution >= 0.6 is 11.3 Å². The van der Waals surface area contributed by atoms with Gasteiger partial charge in [-0.15, -0.1) is 11.3 Å². The number of hydrogen-bond acceptors (Lipinski definition) is 4. The largest absolute Gasteiger partial charge is 0.507 e. The summed E-state index contributed by atoms with van der Waals surface area (Å²) >= 11 is 1.49. The van der Waals surface area contributed by atoms with Crippen molar-refractivity contribution >= 4 is 29.0 Å². The molecule has 1 aromatic heterocycles. The van der Waals surface area contributed by atoms with Crippen molar-refractivity contribution < 1.29 is 14.7 Å². The van der Waals surface area contributed by atoms with Crippen LogP contribution in [0.15, 0.2) is 46.6 Å². The van der Waals surface area contributed by atoms with E-state index in [0.29, 0.717) is 5.57 Å². The first kappa shape index (κ1) is 11.5. The lowest BCUT2D eigenvalue weighted by Crippen LogP contribution is -2.07. The number of aliphatic hydroxyl groups is 1. The molecule has 2 rings (SSSR count). The second-order valence-corrected chi connectivity index (χ2v) is 4.61. The van der Waals surface area contributed by atoms with Crippen molar-refractivity contribution in [3.8, 4) is 0 Å². The minimum atomic E-state index is -0.464. The van der Waals surface area contributed by atoms with Gasteiger partial charge in [0.1, 0.15) is 11.3 Å². The standard InChI is InChI=1S/C13H10O3S/c1-8-7-11(15)12(13(8)16)10(14)5-4-9-3-2-6-17-9/h2-7,16H,1H3/b5-4+. The van der Waals surface area contributed by atoms with Gasteiger partial charge in [-0.1, -0.05) is 6.07 Å². The average Bonchev–Trinajstić information content (AvgIpc) is 2.86. The highest BCUT2D eigenvalue weighted by Crippen LogP contribution is 2.22. The highest BCUT2D eigenvalue weighted by molar-refractivity contribution is 7.10. The zero-order valence-electron chi connectivity index (χ0n) is 9.14. The van der Waals surface area contributed by atoms with Crippen molar-refractivity contribution in [2.45, 2.75) is 6.92 Å². The normalized spacial score (nSPS) is 15.8. The summed E-state index contributed by atoms with van der Waals surface area (Å²) in [5.41, 5.74) is 0.290. The Kier molecular flexibility index (Phi) is 3.06. The lowest BCUT2D eigenvalue weighted by molar-refractivity contribution is -0.116. The number of allylic oxidation sites excluding steroid dienone is 4. The van der Waals surface area contributed by atoms with Crippen molar-refractivity contribution in [3.05, 3.63) is 51.4 Å². The minimum Gasteiger partial charge on any atom is -0.507 e. The molecule has 4 heteroatoms. The van der Waals surface area contributed by atoms with Crippen LogP contribution in [-0.2, 0) is 9.59 Å². The Hall–Kier alpha value is -1.94. The van der Waals surface area contributed by atoms with E-state index >= 15 is 0 Å². The minimum absolute atomic E-state index is 0.143. The predicted octanol–water partition coefficient (Wildman–Crippen LogP) is 2.67. The Morgan fingerprint density at radius 3 is 2.76 bits per heavy atom. The highest BCUT2D eigenvalue weighted by atomic mass is 32.1. The van der Waals surface area contributed by atoms with E-state index in [9.17, 15) is 14.7 Å². The Balaban J connectivity index is 2.21. The second-order valence-electron chi connectivity index (χ2n) is 3.63. The van der Waals surface area contributed by atoms with E-state index in [-0.39, 0.29) is 11.3 Å². The van der Waals surface area contributed by atoms with Crippen molar-refractivity contribution in [1.29, 1.82) is 0 Å². The fourth-order valence-electron chi connectivity index (χ4n) is 1.52. The first-order valence-corrected chi connectivity index (χ1v) is 5.89. The van der Waals surface area contributed by atoms with Gasteiger partial charge in [-0.05, 0) is 42.2 Å². The molecular formula is C13H10O3S. The Morgan fingerprint density at radius 2 is 2.24 bits per heavy atom. The average molecular weight is 246 g/mol. The van der Waals surface area contributed by atoms with E-state index < -0.39 is 11.6 Å². The van der Waals surface area contributed by atoms with E-state index in [1.165, 1.54) is 23.5 Å². The number of carbonyl (C=O) groups is 2. The molecule has 1 heterocycles. The van der Waals surface area contributed by atoms with Crippen LogP contribution in [0.4, 0.5) is 0 Å². The van der Waals surface area contributed by atoms with Crippen molar-refractivity contribution in [2.75, 3.05) is 0 Å². The molecule has 0 aliphatic heterocycles. The van der Waals surface area contributed by atoms with Crippen LogP contribution in [0, 0.1) is 0 Å². The summed E-state index contributed by atoms with van der Waals surface area (Å²) in [7, 11) is 0. The summed E-state index contributed by atoms with van der Waals surface area (Å²) in [4.78, 5) is 24.1. The van der Waals surface area contributed by atoms with Crippen LogP contribution in [0.25, 0.3) is 6.08 Å². The summed E-state index contributed by atoms with van der Waals surface area (Å²) in [6.07, 6.45) is 4.21. The molecule has 0 spiro atoms. The van der Waals surface area contributed by atoms with Crippen molar-refractivity contribution in [2.24, 2.45) is 0 Å². The summed E-state index contributed by atoms with van der Waals surface area (Å²) < 4.78 is 0. The van der Waals surface area contributed by atoms with Gasteiger partial charge in [-0.2, -0.15) is 0 Å². The number of thiophene rings is 1. The molecule has 0 aromatic carbocycles. The van der Waals surface area contributed by atoms with Crippen LogP contribution in [0.1, 0.15) is 11.8 Å². The molecular weight excluding hydrogens is 236 g/mol. The summed E-state index contributed by atoms with van der Waals surface area (Å²) in [5.74, 6) is -1.11. The molecule has 3 nitrogen and oxygen atoms in total. The number of rotatable bonds is 3. The van der Waals surface area contributed by atoms with Gasteiger partial charge < -0.3 is 5.11 Å². The summed E-state index contributed by atoms with van der Waals surface area (Å²) in [6.45, 7) is 1.59. The third-order valence-electron chi connectivity index (χ3n) is 2.39. The predicted molar refractivity (Wildman–Crippen MR) is 66.8 cm³/mol. The van der Waals surface area contributed by atoms with Gasteiger partial charge in [0.05, 0.1) is 0 Å². The Bertz CT molecular complexity index is 559. The molecule has 0 saturated carbocycles. The van der Waals surface area contributed by atoms with Crippen LogP contribution in [0.2, 0.25) is 0 Å². The Labute approximate surface area is 102 Å². The lowest BCUT2D eigenvalue weighted by Gasteiger charge is -1.96. The molecule has 86 valence electrons. The molecule has 1 aliphatic carbocycles. The maximum atomic E-state index is 11.8. The molecule has 0 saturated heterocycles. The van der Waals surface area contributed by atoms with Gasteiger partial charge in [0.2, 0.25) is 0 Å². The fraction of sp³-hybridized carbons (Fsp3) is 0.0769. The third-order valence-corrected chi connectivity index (χ3v) is 3.23. The monoisotopic (exact) mass is 246 g/mol. The molecule has 0 unspecified atom stereocenters. The topological polar surface area (TPSA) is 54.4 Å². The molecule has 0 fully saturated rings. The van der Waals surface area contributed by atoms with Crippen LogP contribution in [0.3, 0.4) is 0 Å². The SMILES string of the molecule is CC1=CC(=O)C(C(=O)/C=C/c2cccs2)=C1O. The lowest BCUT2D eigenvalue weighted by atomic mass is 10.1. The van der Waals surface area contributed by atoms with E-state index in [1.807, 2.05) is 17.5 Å². The van der Waals surface area contributed by atoms with Crippen LogP contribution in [0.5, 0.6) is 0 Å². The zero-order chi connectivity index (χ0) is 12.4. The maximum absolute atomic E-state index is 11.8. The molecule has 0 atom stereocenters. The molecule has 1 aliphatic rings. The van der Waals surface area contributed by atoms with Crippen LogP contribution in [-0.4, -0.2) is 16.7 Å². The number of aliphatic hydroxyl groups excluding tert-OH is 1. The van der Waals surface area contributed by atoms with Crippen molar-refractivity contribution in [3.63, 3.8) is 0 Å². The fourth-order valence-corrected chi connectivity index (χ4v) is 2.13. The number of carbonyl (C=O) groups excluding carboxylic acids is 2. The summed E-state index contributed by atoms with van der Waals surface area (Å²) in [5, 5.41) is 11.5.